The predicted molar refractivity (Wildman–Crippen MR) is 105 cm³/mol. The monoisotopic (exact) mass is 367 g/mol. The third-order valence-corrected chi connectivity index (χ3v) is 5.24. The first-order chi connectivity index (χ1) is 12.7. The van der Waals surface area contributed by atoms with E-state index in [0.717, 1.165) is 25.8 Å². The van der Waals surface area contributed by atoms with E-state index in [1.54, 1.807) is 4.90 Å². The van der Waals surface area contributed by atoms with Gasteiger partial charge in [0.25, 0.3) is 0 Å². The van der Waals surface area contributed by atoms with E-state index in [0.29, 0.717) is 31.7 Å². The molecule has 0 saturated carbocycles. The topological polar surface area (TPSA) is 83.2 Å². The van der Waals surface area contributed by atoms with Gasteiger partial charge in [0.2, 0.25) is 0 Å². The molecule has 2 heterocycles. The number of nitrogens with two attached hydrogens (primary N) is 1. The molecule has 0 spiro atoms. The third-order valence-electron chi connectivity index (χ3n) is 5.24. The number of likely N-dealkylation sites (tertiary alicyclic amines) is 2. The summed E-state index contributed by atoms with van der Waals surface area (Å²) in [5, 5.41) is 3.29. The highest BCUT2D eigenvalue weighted by Crippen LogP contribution is 2.12. The molecule has 0 aromatic carbocycles. The Morgan fingerprint density at radius 2 is 1.85 bits per heavy atom. The third kappa shape index (κ3) is 7.81. The molecule has 26 heavy (non-hydrogen) atoms. The normalized spacial score (nSPS) is 20.2. The van der Waals surface area contributed by atoms with Crippen LogP contribution in [0.25, 0.3) is 0 Å². The molecule has 0 radical (unpaired) electrons. The van der Waals surface area contributed by atoms with E-state index in [2.05, 4.69) is 15.2 Å². The zero-order chi connectivity index (χ0) is 18.6. The fourth-order valence-corrected chi connectivity index (χ4v) is 3.68. The molecule has 2 saturated heterocycles. The molecule has 7 heteroatoms. The zero-order valence-electron chi connectivity index (χ0n) is 16.4. The molecule has 2 aliphatic rings. The van der Waals surface area contributed by atoms with Gasteiger partial charge in [0.05, 0.1) is 6.61 Å². The highest BCUT2D eigenvalue weighted by Gasteiger charge is 2.23. The number of unbranched alkanes of at least 4 members (excludes halogenated alkanes) is 2. The molecule has 0 unspecified atom stereocenters. The highest BCUT2D eigenvalue weighted by atomic mass is 16.6. The van der Waals surface area contributed by atoms with Crippen molar-refractivity contribution in [3.8, 4) is 0 Å². The number of ether oxygens (including phenoxy) is 1. The number of hydrogen-bond acceptors (Lipinski definition) is 4. The van der Waals surface area contributed by atoms with Gasteiger partial charge < -0.3 is 25.6 Å². The van der Waals surface area contributed by atoms with E-state index in [1.165, 1.54) is 51.7 Å². The number of nitrogens with one attached hydrogen (secondary N) is 1. The Labute approximate surface area is 158 Å². The van der Waals surface area contributed by atoms with E-state index in [4.69, 9.17) is 10.5 Å². The summed E-state index contributed by atoms with van der Waals surface area (Å²) in [6.07, 6.45) is 9.25. The van der Waals surface area contributed by atoms with Gasteiger partial charge in [-0.05, 0) is 65.1 Å². The minimum atomic E-state index is -0.211. The maximum absolute atomic E-state index is 11.7. The largest absolute Gasteiger partial charge is 0.450 e. The number of piperidine rings is 2. The van der Waals surface area contributed by atoms with Gasteiger partial charge in [-0.25, -0.2) is 4.79 Å². The molecule has 2 aliphatic heterocycles. The number of carbonyl (C=O) groups excluding carboxylic acids is 1. The van der Waals surface area contributed by atoms with E-state index >= 15 is 0 Å². The molecule has 7 nitrogen and oxygen atoms in total. The van der Waals surface area contributed by atoms with Crippen LogP contribution in [0, 0.1) is 0 Å². The molecule has 0 bridgehead atoms. The Hall–Kier alpha value is -1.50. The molecule has 3 N–H and O–H groups in total. The van der Waals surface area contributed by atoms with Crippen molar-refractivity contribution >= 4 is 12.1 Å². The van der Waals surface area contributed by atoms with Crippen LogP contribution in [0.15, 0.2) is 4.99 Å². The van der Waals surface area contributed by atoms with Crippen molar-refractivity contribution in [2.45, 2.75) is 64.3 Å². The number of guanidine groups is 1. The van der Waals surface area contributed by atoms with Gasteiger partial charge in [-0.15, -0.1) is 0 Å². The fourth-order valence-electron chi connectivity index (χ4n) is 3.68. The first kappa shape index (κ1) is 20.8. The Kier molecular flexibility index (Phi) is 9.60. The second-order valence-corrected chi connectivity index (χ2v) is 7.33. The summed E-state index contributed by atoms with van der Waals surface area (Å²) in [7, 11) is 0. The van der Waals surface area contributed by atoms with Gasteiger partial charge >= 0.3 is 6.09 Å². The zero-order valence-corrected chi connectivity index (χ0v) is 16.4. The summed E-state index contributed by atoms with van der Waals surface area (Å²) < 4.78 is 5.04. The number of aliphatic imine (C=N–C) groups is 1. The highest BCUT2D eigenvalue weighted by molar-refractivity contribution is 5.78. The van der Waals surface area contributed by atoms with Crippen molar-refractivity contribution in [2.75, 3.05) is 45.9 Å². The van der Waals surface area contributed by atoms with Crippen LogP contribution < -0.4 is 11.1 Å². The number of nitrogens with zero attached hydrogens (tertiary/aromatic N) is 3. The van der Waals surface area contributed by atoms with Crippen LogP contribution in [0.5, 0.6) is 0 Å². The standard InChI is InChI=1S/C19H37N5O2/c1-2-26-19(25)24-15-9-17(10-16-24)22-18(20)21-11-5-3-6-12-23-13-7-4-8-14-23/h17H,2-16H2,1H3,(H3,20,21,22). The van der Waals surface area contributed by atoms with Gasteiger partial charge in [0, 0.05) is 25.7 Å². The number of hydrogen-bond donors (Lipinski definition) is 2. The lowest BCUT2D eigenvalue weighted by atomic mass is 10.1. The van der Waals surface area contributed by atoms with Gasteiger partial charge in [-0.1, -0.05) is 12.8 Å². The first-order valence-electron chi connectivity index (χ1n) is 10.4. The minimum absolute atomic E-state index is 0.211. The predicted octanol–water partition coefficient (Wildman–Crippen LogP) is 2.17. The second-order valence-electron chi connectivity index (χ2n) is 7.33. The summed E-state index contributed by atoms with van der Waals surface area (Å²) in [5.74, 6) is 0.538. The number of amides is 1. The molecule has 2 fully saturated rings. The summed E-state index contributed by atoms with van der Waals surface area (Å²) in [5.41, 5.74) is 6.00. The van der Waals surface area contributed by atoms with E-state index in [-0.39, 0.29) is 6.09 Å². The summed E-state index contributed by atoms with van der Waals surface area (Å²) in [4.78, 5) is 20.5. The van der Waals surface area contributed by atoms with Crippen molar-refractivity contribution in [3.63, 3.8) is 0 Å². The van der Waals surface area contributed by atoms with Crippen LogP contribution >= 0.6 is 0 Å². The van der Waals surface area contributed by atoms with Crippen LogP contribution in [-0.2, 0) is 4.74 Å². The van der Waals surface area contributed by atoms with Crippen LogP contribution in [-0.4, -0.2) is 73.8 Å². The first-order valence-corrected chi connectivity index (χ1v) is 10.4. The van der Waals surface area contributed by atoms with Gasteiger partial charge in [-0.3, -0.25) is 4.99 Å². The lowest BCUT2D eigenvalue weighted by Gasteiger charge is -2.31. The molecule has 0 aliphatic carbocycles. The molecule has 2 rings (SSSR count). The number of carbonyl (C=O) groups is 1. The molecule has 150 valence electrons. The Bertz CT molecular complexity index is 430. The van der Waals surface area contributed by atoms with Crippen molar-refractivity contribution in [1.82, 2.24) is 15.1 Å². The second kappa shape index (κ2) is 12.0. The molecular formula is C19H37N5O2. The SMILES string of the molecule is CCOC(=O)N1CCC(NC(N)=NCCCCCN2CCCCC2)CC1. The Balaban J connectivity index is 1.51. The molecular weight excluding hydrogens is 330 g/mol. The van der Waals surface area contributed by atoms with E-state index in [1.807, 2.05) is 6.92 Å². The average Bonchev–Trinajstić information content (AvgIpc) is 2.66. The lowest BCUT2D eigenvalue weighted by Crippen LogP contribution is -2.48. The molecule has 0 aromatic rings. The molecule has 1 amide bonds. The average molecular weight is 368 g/mol. The smallest absolute Gasteiger partial charge is 0.409 e. The van der Waals surface area contributed by atoms with Crippen molar-refractivity contribution in [1.29, 1.82) is 0 Å². The summed E-state index contributed by atoms with van der Waals surface area (Å²) >= 11 is 0. The van der Waals surface area contributed by atoms with Crippen molar-refractivity contribution in [3.05, 3.63) is 0 Å². The van der Waals surface area contributed by atoms with E-state index in [9.17, 15) is 4.79 Å². The number of rotatable bonds is 8. The summed E-state index contributed by atoms with van der Waals surface area (Å²) in [6.45, 7) is 8.26. The van der Waals surface area contributed by atoms with Crippen molar-refractivity contribution in [2.24, 2.45) is 10.7 Å². The minimum Gasteiger partial charge on any atom is -0.450 e. The quantitative estimate of drug-likeness (QED) is 0.390. The van der Waals surface area contributed by atoms with Crippen molar-refractivity contribution < 1.29 is 9.53 Å². The van der Waals surface area contributed by atoms with Crippen LogP contribution in [0.2, 0.25) is 0 Å². The maximum Gasteiger partial charge on any atom is 0.409 e. The van der Waals surface area contributed by atoms with Crippen LogP contribution in [0.4, 0.5) is 4.79 Å². The van der Waals surface area contributed by atoms with Gasteiger partial charge in [0.1, 0.15) is 0 Å². The van der Waals surface area contributed by atoms with Gasteiger partial charge in [-0.2, -0.15) is 0 Å². The molecule has 0 aromatic heterocycles. The summed E-state index contributed by atoms with van der Waals surface area (Å²) in [6, 6.07) is 0.295. The van der Waals surface area contributed by atoms with E-state index < -0.39 is 0 Å². The Morgan fingerprint density at radius 1 is 1.12 bits per heavy atom. The Morgan fingerprint density at radius 3 is 2.54 bits per heavy atom. The fraction of sp³-hybridized carbons (Fsp3) is 0.895. The van der Waals surface area contributed by atoms with Crippen LogP contribution in [0.1, 0.15) is 58.3 Å². The maximum atomic E-state index is 11.7. The molecule has 0 atom stereocenters. The van der Waals surface area contributed by atoms with Gasteiger partial charge in [0.15, 0.2) is 5.96 Å². The lowest BCUT2D eigenvalue weighted by molar-refractivity contribution is 0.0963. The van der Waals surface area contributed by atoms with Crippen LogP contribution in [0.3, 0.4) is 0 Å².